The molecule has 3 rings (SSSR count). The Bertz CT molecular complexity index is 671. The van der Waals surface area contributed by atoms with Gasteiger partial charge in [0.05, 0.1) is 5.69 Å². The summed E-state index contributed by atoms with van der Waals surface area (Å²) in [6.07, 6.45) is 4.47. The highest BCUT2D eigenvalue weighted by molar-refractivity contribution is 5.94. The van der Waals surface area contributed by atoms with Crippen LogP contribution in [-0.2, 0) is 9.53 Å². The van der Waals surface area contributed by atoms with Crippen molar-refractivity contribution in [3.8, 4) is 0 Å². The Morgan fingerprint density at radius 1 is 1.27 bits per heavy atom. The first kappa shape index (κ1) is 14.6. The third-order valence-electron chi connectivity index (χ3n) is 3.58. The molecular formula is C16H16FN3O2. The molecular weight excluding hydrogens is 285 g/mol. The number of benzene rings is 1. The highest BCUT2D eigenvalue weighted by atomic mass is 19.1. The normalized spacial score (nSPS) is 15.4. The third kappa shape index (κ3) is 3.12. The summed E-state index contributed by atoms with van der Waals surface area (Å²) in [5.41, 5.74) is 1.39. The average molecular weight is 301 g/mol. The SMILES string of the molecule is COC(C(=O)Nc1nccnc1C1CC1)c1ccc(F)cc1. The molecule has 0 saturated heterocycles. The van der Waals surface area contributed by atoms with Gasteiger partial charge in [-0.05, 0) is 30.5 Å². The quantitative estimate of drug-likeness (QED) is 0.922. The van der Waals surface area contributed by atoms with Gasteiger partial charge in [-0.25, -0.2) is 9.37 Å². The summed E-state index contributed by atoms with van der Waals surface area (Å²) in [6, 6.07) is 5.66. The molecule has 1 N–H and O–H groups in total. The lowest BCUT2D eigenvalue weighted by Gasteiger charge is -2.16. The summed E-state index contributed by atoms with van der Waals surface area (Å²) in [6.45, 7) is 0. The molecule has 0 bridgehead atoms. The zero-order valence-electron chi connectivity index (χ0n) is 12.1. The second kappa shape index (κ2) is 6.19. The Morgan fingerprint density at radius 2 is 1.95 bits per heavy atom. The van der Waals surface area contributed by atoms with Gasteiger partial charge in [0.25, 0.3) is 5.91 Å². The van der Waals surface area contributed by atoms with Crippen molar-refractivity contribution < 1.29 is 13.9 Å². The van der Waals surface area contributed by atoms with Crippen molar-refractivity contribution in [2.75, 3.05) is 12.4 Å². The van der Waals surface area contributed by atoms with E-state index in [-0.39, 0.29) is 11.7 Å². The number of rotatable bonds is 5. The monoisotopic (exact) mass is 301 g/mol. The number of carbonyl (C=O) groups is 1. The van der Waals surface area contributed by atoms with Crippen molar-refractivity contribution in [1.82, 2.24) is 9.97 Å². The molecule has 1 amide bonds. The van der Waals surface area contributed by atoms with Gasteiger partial charge in [0.1, 0.15) is 5.82 Å². The zero-order valence-corrected chi connectivity index (χ0v) is 12.1. The van der Waals surface area contributed by atoms with Crippen molar-refractivity contribution >= 4 is 11.7 Å². The minimum atomic E-state index is -0.824. The van der Waals surface area contributed by atoms with Crippen LogP contribution in [0, 0.1) is 5.82 Å². The van der Waals surface area contributed by atoms with Crippen LogP contribution in [0.2, 0.25) is 0 Å². The fraction of sp³-hybridized carbons (Fsp3) is 0.312. The van der Waals surface area contributed by atoms with Gasteiger partial charge in [-0.15, -0.1) is 0 Å². The van der Waals surface area contributed by atoms with E-state index in [1.54, 1.807) is 12.4 Å². The molecule has 1 atom stereocenters. The number of halogens is 1. The van der Waals surface area contributed by atoms with Crippen molar-refractivity contribution in [1.29, 1.82) is 0 Å². The molecule has 1 aliphatic carbocycles. The highest BCUT2D eigenvalue weighted by Crippen LogP contribution is 2.41. The molecule has 2 aromatic rings. The van der Waals surface area contributed by atoms with E-state index >= 15 is 0 Å². The minimum absolute atomic E-state index is 0.350. The van der Waals surface area contributed by atoms with Gasteiger partial charge in [0.15, 0.2) is 11.9 Å². The van der Waals surface area contributed by atoms with Crippen molar-refractivity contribution in [2.24, 2.45) is 0 Å². The summed E-state index contributed by atoms with van der Waals surface area (Å²) in [7, 11) is 1.44. The first-order valence-electron chi connectivity index (χ1n) is 7.09. The molecule has 1 aliphatic rings. The molecule has 0 aliphatic heterocycles. The predicted octanol–water partition coefficient (Wildman–Crippen LogP) is 2.82. The molecule has 1 fully saturated rings. The number of anilines is 1. The molecule has 6 heteroatoms. The van der Waals surface area contributed by atoms with Crippen LogP contribution in [0.15, 0.2) is 36.7 Å². The van der Waals surface area contributed by atoms with Gasteiger partial charge in [-0.3, -0.25) is 9.78 Å². The number of carbonyl (C=O) groups excluding carboxylic acids is 1. The molecule has 0 radical (unpaired) electrons. The number of amides is 1. The van der Waals surface area contributed by atoms with E-state index in [0.717, 1.165) is 18.5 Å². The lowest BCUT2D eigenvalue weighted by Crippen LogP contribution is -2.24. The fourth-order valence-electron chi connectivity index (χ4n) is 2.31. The van der Waals surface area contributed by atoms with Crippen LogP contribution in [0.1, 0.15) is 36.1 Å². The van der Waals surface area contributed by atoms with Gasteiger partial charge in [0, 0.05) is 25.4 Å². The van der Waals surface area contributed by atoms with E-state index in [2.05, 4.69) is 15.3 Å². The molecule has 0 spiro atoms. The Balaban J connectivity index is 1.79. The van der Waals surface area contributed by atoms with E-state index in [0.29, 0.717) is 17.3 Å². The molecule has 114 valence electrons. The molecule has 1 saturated carbocycles. The van der Waals surface area contributed by atoms with Gasteiger partial charge >= 0.3 is 0 Å². The van der Waals surface area contributed by atoms with E-state index in [1.807, 2.05) is 0 Å². The third-order valence-corrected chi connectivity index (χ3v) is 3.58. The molecule has 1 unspecified atom stereocenters. The number of hydrogen-bond donors (Lipinski definition) is 1. The maximum absolute atomic E-state index is 13.0. The smallest absolute Gasteiger partial charge is 0.259 e. The standard InChI is InChI=1S/C16H16FN3O2/c1-22-14(11-4-6-12(17)7-5-11)16(21)20-15-13(10-2-3-10)18-8-9-19-15/h4-10,14H,2-3H2,1H3,(H,19,20,21). The molecule has 5 nitrogen and oxygen atoms in total. The number of ether oxygens (including phenoxy) is 1. The summed E-state index contributed by atoms with van der Waals surface area (Å²) in [4.78, 5) is 20.9. The van der Waals surface area contributed by atoms with E-state index in [9.17, 15) is 9.18 Å². The average Bonchev–Trinajstić information content (AvgIpc) is 3.35. The number of aromatic nitrogens is 2. The summed E-state index contributed by atoms with van der Waals surface area (Å²) in [5, 5.41) is 2.76. The Kier molecular flexibility index (Phi) is 4.11. The first-order valence-corrected chi connectivity index (χ1v) is 7.09. The van der Waals surface area contributed by atoms with Crippen LogP contribution in [0.5, 0.6) is 0 Å². The molecule has 1 heterocycles. The number of hydrogen-bond acceptors (Lipinski definition) is 4. The van der Waals surface area contributed by atoms with E-state index < -0.39 is 6.10 Å². The topological polar surface area (TPSA) is 64.1 Å². The van der Waals surface area contributed by atoms with Gasteiger partial charge in [-0.2, -0.15) is 0 Å². The molecule has 22 heavy (non-hydrogen) atoms. The summed E-state index contributed by atoms with van der Waals surface area (Å²) >= 11 is 0. The van der Waals surface area contributed by atoms with Crippen LogP contribution in [0.4, 0.5) is 10.2 Å². The van der Waals surface area contributed by atoms with Crippen molar-refractivity contribution in [3.05, 3.63) is 53.7 Å². The maximum atomic E-state index is 13.0. The van der Waals surface area contributed by atoms with Crippen LogP contribution < -0.4 is 5.32 Å². The van der Waals surface area contributed by atoms with Gasteiger partial charge in [-0.1, -0.05) is 12.1 Å². The van der Waals surface area contributed by atoms with Crippen molar-refractivity contribution in [3.63, 3.8) is 0 Å². The van der Waals surface area contributed by atoms with Crippen LogP contribution in [-0.4, -0.2) is 23.0 Å². The summed E-state index contributed by atoms with van der Waals surface area (Å²) < 4.78 is 18.2. The Labute approximate surface area is 127 Å². The van der Waals surface area contributed by atoms with Crippen molar-refractivity contribution in [2.45, 2.75) is 24.9 Å². The van der Waals surface area contributed by atoms with E-state index in [1.165, 1.54) is 31.4 Å². The zero-order chi connectivity index (χ0) is 15.5. The maximum Gasteiger partial charge on any atom is 0.259 e. The predicted molar refractivity (Wildman–Crippen MR) is 78.8 cm³/mol. The summed E-state index contributed by atoms with van der Waals surface area (Å²) in [5.74, 6) is 0.135. The van der Waals surface area contributed by atoms with Crippen LogP contribution >= 0.6 is 0 Å². The largest absolute Gasteiger partial charge is 0.367 e. The fourth-order valence-corrected chi connectivity index (χ4v) is 2.31. The van der Waals surface area contributed by atoms with Gasteiger partial charge < -0.3 is 10.1 Å². The van der Waals surface area contributed by atoms with Gasteiger partial charge in [0.2, 0.25) is 0 Å². The Hall–Kier alpha value is -2.34. The Morgan fingerprint density at radius 3 is 2.59 bits per heavy atom. The minimum Gasteiger partial charge on any atom is -0.367 e. The second-order valence-electron chi connectivity index (χ2n) is 5.22. The first-order chi connectivity index (χ1) is 10.7. The molecule has 1 aromatic heterocycles. The number of nitrogens with zero attached hydrogens (tertiary/aromatic N) is 2. The molecule has 1 aromatic carbocycles. The van der Waals surface area contributed by atoms with Crippen LogP contribution in [0.25, 0.3) is 0 Å². The highest BCUT2D eigenvalue weighted by Gasteiger charge is 2.30. The second-order valence-corrected chi connectivity index (χ2v) is 5.22. The van der Waals surface area contributed by atoms with Crippen LogP contribution in [0.3, 0.4) is 0 Å². The lowest BCUT2D eigenvalue weighted by atomic mass is 10.1. The lowest BCUT2D eigenvalue weighted by molar-refractivity contribution is -0.126. The number of methoxy groups -OCH3 is 1. The van der Waals surface area contributed by atoms with E-state index in [4.69, 9.17) is 4.74 Å². The number of nitrogens with one attached hydrogen (secondary N) is 1.